The number of aromatic nitrogens is 3. The van der Waals surface area contributed by atoms with Crippen molar-refractivity contribution in [3.05, 3.63) is 22.6 Å². The molecule has 0 radical (unpaired) electrons. The molecule has 110 valence electrons. The zero-order valence-corrected chi connectivity index (χ0v) is 12.4. The Morgan fingerprint density at radius 1 is 1.25 bits per heavy atom. The lowest BCUT2D eigenvalue weighted by atomic mass is 10.1. The van der Waals surface area contributed by atoms with Gasteiger partial charge in [0, 0.05) is 6.20 Å². The van der Waals surface area contributed by atoms with Crippen LogP contribution in [-0.4, -0.2) is 14.8 Å². The van der Waals surface area contributed by atoms with Gasteiger partial charge in [-0.1, -0.05) is 39.5 Å². The predicted octanol–water partition coefficient (Wildman–Crippen LogP) is 3.23. The van der Waals surface area contributed by atoms with Crippen molar-refractivity contribution in [1.29, 1.82) is 0 Å². The largest absolute Gasteiger partial charge is 0.382 e. The van der Waals surface area contributed by atoms with Crippen LogP contribution in [0.5, 0.6) is 0 Å². The van der Waals surface area contributed by atoms with Crippen LogP contribution in [-0.2, 0) is 0 Å². The van der Waals surface area contributed by atoms with Crippen molar-refractivity contribution < 1.29 is 0 Å². The molecule has 0 bridgehead atoms. The fourth-order valence-electron chi connectivity index (χ4n) is 2.91. The lowest BCUT2D eigenvalue weighted by molar-refractivity contribution is 0.418. The fourth-order valence-corrected chi connectivity index (χ4v) is 2.91. The normalized spacial score (nSPS) is 16.5. The zero-order valence-electron chi connectivity index (χ0n) is 12.4. The Morgan fingerprint density at radius 3 is 2.55 bits per heavy atom. The van der Waals surface area contributed by atoms with Crippen molar-refractivity contribution in [2.75, 3.05) is 5.73 Å². The van der Waals surface area contributed by atoms with Crippen LogP contribution in [0.2, 0.25) is 0 Å². The first-order chi connectivity index (χ1) is 9.77. The zero-order chi connectivity index (χ0) is 14.5. The minimum atomic E-state index is -0.148. The summed E-state index contributed by atoms with van der Waals surface area (Å²) in [6.07, 6.45) is 8.98. The summed E-state index contributed by atoms with van der Waals surface area (Å²) in [6, 6.07) is 2.28. The van der Waals surface area contributed by atoms with E-state index in [1.165, 1.54) is 25.7 Å². The monoisotopic (exact) mass is 276 g/mol. The molecule has 5 heteroatoms. The molecule has 3 N–H and O–H groups in total. The van der Waals surface area contributed by atoms with E-state index in [1.54, 1.807) is 6.20 Å². The van der Waals surface area contributed by atoms with Gasteiger partial charge in [0.25, 0.3) is 5.56 Å². The third kappa shape index (κ3) is 2.71. The first-order valence-electron chi connectivity index (χ1n) is 7.63. The second kappa shape index (κ2) is 6.59. The average molecular weight is 276 g/mol. The van der Waals surface area contributed by atoms with Gasteiger partial charge in [0.2, 0.25) is 0 Å². The van der Waals surface area contributed by atoms with Crippen LogP contribution in [0.3, 0.4) is 0 Å². The van der Waals surface area contributed by atoms with Gasteiger partial charge in [-0.25, -0.2) is 0 Å². The number of H-pyrrole nitrogens is 1. The minimum absolute atomic E-state index is 0.148. The molecule has 1 aliphatic carbocycles. The minimum Gasteiger partial charge on any atom is -0.382 e. The molecule has 2 aromatic rings. The SMILES string of the molecule is CC.Nc1nn(C2CCCCCC2)c2cc[nH]c(=O)c12. The molecule has 1 saturated carbocycles. The molecule has 1 fully saturated rings. The van der Waals surface area contributed by atoms with Crippen LogP contribution in [0.4, 0.5) is 5.82 Å². The molecular formula is C15H24N4O. The van der Waals surface area contributed by atoms with Crippen LogP contribution in [0, 0.1) is 0 Å². The first-order valence-corrected chi connectivity index (χ1v) is 7.63. The lowest BCUT2D eigenvalue weighted by Crippen LogP contribution is -2.10. The molecule has 0 amide bonds. The number of anilines is 1. The van der Waals surface area contributed by atoms with Gasteiger partial charge in [-0.2, -0.15) is 5.10 Å². The third-order valence-electron chi connectivity index (χ3n) is 3.83. The van der Waals surface area contributed by atoms with Gasteiger partial charge in [0.15, 0.2) is 5.82 Å². The summed E-state index contributed by atoms with van der Waals surface area (Å²) in [5.74, 6) is 0.344. The number of nitrogens with zero attached hydrogens (tertiary/aromatic N) is 2. The number of fused-ring (bicyclic) bond motifs is 1. The second-order valence-electron chi connectivity index (χ2n) is 5.04. The number of nitrogens with two attached hydrogens (primary N) is 1. The van der Waals surface area contributed by atoms with E-state index < -0.39 is 0 Å². The maximum atomic E-state index is 11.8. The van der Waals surface area contributed by atoms with Crippen molar-refractivity contribution >= 4 is 16.7 Å². The number of rotatable bonds is 1. The predicted molar refractivity (Wildman–Crippen MR) is 82.9 cm³/mol. The lowest BCUT2D eigenvalue weighted by Gasteiger charge is -2.15. The Bertz CT molecular complexity index is 606. The summed E-state index contributed by atoms with van der Waals surface area (Å²) in [6.45, 7) is 4.00. The Labute approximate surface area is 119 Å². The Morgan fingerprint density at radius 2 is 1.90 bits per heavy atom. The molecule has 0 aromatic carbocycles. The Hall–Kier alpha value is -1.78. The van der Waals surface area contributed by atoms with Crippen LogP contribution in [0.15, 0.2) is 17.1 Å². The molecule has 20 heavy (non-hydrogen) atoms. The molecule has 3 rings (SSSR count). The molecule has 0 unspecified atom stereocenters. The number of aromatic amines is 1. The van der Waals surface area contributed by atoms with Gasteiger partial charge in [-0.15, -0.1) is 0 Å². The number of hydrogen-bond donors (Lipinski definition) is 2. The van der Waals surface area contributed by atoms with Crippen LogP contribution < -0.4 is 11.3 Å². The van der Waals surface area contributed by atoms with E-state index in [9.17, 15) is 4.79 Å². The molecular weight excluding hydrogens is 252 g/mol. The molecule has 0 aliphatic heterocycles. The van der Waals surface area contributed by atoms with Crippen molar-refractivity contribution in [3.63, 3.8) is 0 Å². The van der Waals surface area contributed by atoms with E-state index in [1.807, 2.05) is 24.6 Å². The standard InChI is InChI=1S/C13H18N4O.C2H6/c14-12-11-10(7-8-15-13(11)18)17(16-12)9-5-3-1-2-4-6-9;1-2/h7-9H,1-6H2,(H2,14,16)(H,15,18);1-2H3. The van der Waals surface area contributed by atoms with Crippen LogP contribution in [0.25, 0.3) is 10.9 Å². The number of pyridine rings is 1. The quantitative estimate of drug-likeness (QED) is 0.785. The van der Waals surface area contributed by atoms with Gasteiger partial charge in [0.05, 0.1) is 11.6 Å². The van der Waals surface area contributed by atoms with Gasteiger partial charge in [-0.05, 0) is 18.9 Å². The second-order valence-corrected chi connectivity index (χ2v) is 5.04. The average Bonchev–Trinajstić information content (AvgIpc) is 2.67. The van der Waals surface area contributed by atoms with Crippen LogP contribution >= 0.6 is 0 Å². The highest BCUT2D eigenvalue weighted by atomic mass is 16.1. The van der Waals surface area contributed by atoms with E-state index in [2.05, 4.69) is 10.1 Å². The highest BCUT2D eigenvalue weighted by Gasteiger charge is 2.19. The molecule has 0 atom stereocenters. The van der Waals surface area contributed by atoms with Gasteiger partial charge in [0.1, 0.15) is 5.39 Å². The van der Waals surface area contributed by atoms with Crippen molar-refractivity contribution in [2.45, 2.75) is 58.4 Å². The molecule has 5 nitrogen and oxygen atoms in total. The summed E-state index contributed by atoms with van der Waals surface area (Å²) in [4.78, 5) is 14.4. The van der Waals surface area contributed by atoms with Gasteiger partial charge < -0.3 is 10.7 Å². The highest BCUT2D eigenvalue weighted by molar-refractivity contribution is 5.88. The Balaban J connectivity index is 0.000000704. The smallest absolute Gasteiger partial charge is 0.261 e. The topological polar surface area (TPSA) is 76.7 Å². The number of nitrogen functional groups attached to an aromatic ring is 1. The maximum absolute atomic E-state index is 11.8. The molecule has 2 heterocycles. The summed E-state index contributed by atoms with van der Waals surface area (Å²) < 4.78 is 1.96. The van der Waals surface area contributed by atoms with Crippen molar-refractivity contribution in [1.82, 2.24) is 14.8 Å². The van der Waals surface area contributed by atoms with E-state index >= 15 is 0 Å². The van der Waals surface area contributed by atoms with E-state index in [-0.39, 0.29) is 5.56 Å². The summed E-state index contributed by atoms with van der Waals surface area (Å²) in [5.41, 5.74) is 6.59. The maximum Gasteiger partial charge on any atom is 0.261 e. The number of hydrogen-bond acceptors (Lipinski definition) is 3. The molecule has 1 aliphatic rings. The molecule has 2 aromatic heterocycles. The molecule has 0 saturated heterocycles. The van der Waals surface area contributed by atoms with Crippen LogP contribution in [0.1, 0.15) is 58.4 Å². The highest BCUT2D eigenvalue weighted by Crippen LogP contribution is 2.30. The number of nitrogens with one attached hydrogen (secondary N) is 1. The fraction of sp³-hybridized carbons (Fsp3) is 0.600. The first kappa shape index (κ1) is 14.6. The van der Waals surface area contributed by atoms with Crippen molar-refractivity contribution in [3.8, 4) is 0 Å². The Kier molecular flexibility index (Phi) is 4.82. The molecule has 0 spiro atoms. The van der Waals surface area contributed by atoms with Gasteiger partial charge in [-0.3, -0.25) is 9.48 Å². The summed E-state index contributed by atoms with van der Waals surface area (Å²) >= 11 is 0. The van der Waals surface area contributed by atoms with E-state index in [0.29, 0.717) is 17.2 Å². The summed E-state index contributed by atoms with van der Waals surface area (Å²) in [5, 5.41) is 4.92. The third-order valence-corrected chi connectivity index (χ3v) is 3.83. The van der Waals surface area contributed by atoms with E-state index in [4.69, 9.17) is 5.73 Å². The van der Waals surface area contributed by atoms with Crippen molar-refractivity contribution in [2.24, 2.45) is 0 Å². The summed E-state index contributed by atoms with van der Waals surface area (Å²) in [7, 11) is 0. The van der Waals surface area contributed by atoms with E-state index in [0.717, 1.165) is 18.4 Å². The van der Waals surface area contributed by atoms with Gasteiger partial charge >= 0.3 is 0 Å².